The molecule has 218 valence electrons. The van der Waals surface area contributed by atoms with Gasteiger partial charge in [0.15, 0.2) is 0 Å². The van der Waals surface area contributed by atoms with Gasteiger partial charge in [0.05, 0.1) is 32.8 Å². The summed E-state index contributed by atoms with van der Waals surface area (Å²) in [6, 6.07) is 22.5. The Hall–Kier alpha value is -4.72. The molecule has 10 heteroatoms. The monoisotopic (exact) mass is 674 g/mol. The SMILES string of the molecule is O=c1c2cc(Cl)c3c4c(Cl)cc5c(=O)n6c7ccccc7[nH]c6c6cc(Cl)c(c7c(Cl)cc(c2c37)c2[nH]c3ccccc3n12)c4c56. The van der Waals surface area contributed by atoms with Gasteiger partial charge in [0.1, 0.15) is 11.3 Å². The molecular formula is C36H14Cl4N4O2. The molecule has 0 amide bonds. The van der Waals surface area contributed by atoms with E-state index in [1.54, 1.807) is 20.9 Å². The number of H-pyrrole nitrogens is 2. The molecule has 4 aromatic heterocycles. The number of nitrogens with zero attached hydrogens (tertiary/aromatic N) is 2. The first-order valence-electron chi connectivity index (χ1n) is 14.5. The molecule has 0 bridgehead atoms. The maximum absolute atomic E-state index is 14.2. The van der Waals surface area contributed by atoms with Gasteiger partial charge in [0.25, 0.3) is 11.1 Å². The Balaban J connectivity index is 1.48. The van der Waals surface area contributed by atoms with Gasteiger partial charge in [0, 0.05) is 74.0 Å². The highest BCUT2D eigenvalue weighted by Gasteiger charge is 2.28. The summed E-state index contributed by atoms with van der Waals surface area (Å²) in [5, 5.41) is 9.43. The number of imidazole rings is 2. The van der Waals surface area contributed by atoms with Crippen LogP contribution in [-0.4, -0.2) is 18.8 Å². The van der Waals surface area contributed by atoms with Crippen molar-refractivity contribution < 1.29 is 0 Å². The van der Waals surface area contributed by atoms with E-state index < -0.39 is 0 Å². The number of hydrogen-bond acceptors (Lipinski definition) is 2. The minimum atomic E-state index is -0.205. The Morgan fingerprint density at radius 2 is 0.783 bits per heavy atom. The first-order valence-corrected chi connectivity index (χ1v) is 16.0. The normalized spacial score (nSPS) is 13.0. The molecule has 7 aromatic carbocycles. The van der Waals surface area contributed by atoms with Crippen LogP contribution in [0.15, 0.2) is 82.4 Å². The average molecular weight is 676 g/mol. The van der Waals surface area contributed by atoms with E-state index in [2.05, 4.69) is 9.97 Å². The van der Waals surface area contributed by atoms with Crippen LogP contribution in [0.4, 0.5) is 0 Å². The van der Waals surface area contributed by atoms with E-state index in [1.165, 1.54) is 0 Å². The number of rotatable bonds is 0. The molecule has 0 aliphatic heterocycles. The van der Waals surface area contributed by atoms with E-state index in [-0.39, 0.29) is 11.1 Å². The van der Waals surface area contributed by atoms with E-state index in [9.17, 15) is 9.59 Å². The first kappa shape index (κ1) is 25.5. The van der Waals surface area contributed by atoms with Crippen LogP contribution >= 0.6 is 46.4 Å². The highest BCUT2D eigenvalue weighted by molar-refractivity contribution is 6.56. The number of pyridine rings is 2. The van der Waals surface area contributed by atoms with E-state index in [0.717, 1.165) is 32.8 Å². The molecule has 0 aliphatic carbocycles. The number of benzene rings is 7. The fourth-order valence-corrected chi connectivity index (χ4v) is 9.22. The van der Waals surface area contributed by atoms with Crippen LogP contribution in [0.1, 0.15) is 0 Å². The Kier molecular flexibility index (Phi) is 4.52. The van der Waals surface area contributed by atoms with E-state index in [0.29, 0.717) is 85.2 Å². The van der Waals surface area contributed by atoms with Gasteiger partial charge in [0.2, 0.25) is 0 Å². The Labute approximate surface area is 275 Å². The molecule has 0 saturated heterocycles. The van der Waals surface area contributed by atoms with Gasteiger partial charge in [-0.05, 0) is 48.5 Å². The van der Waals surface area contributed by atoms with Crippen molar-refractivity contribution in [3.8, 4) is 0 Å². The summed E-state index contributed by atoms with van der Waals surface area (Å²) >= 11 is 28.9. The smallest absolute Gasteiger partial charge is 0.264 e. The predicted octanol–water partition coefficient (Wildman–Crippen LogP) is 10.3. The van der Waals surface area contributed by atoms with Crippen molar-refractivity contribution in [3.63, 3.8) is 0 Å². The summed E-state index contributed by atoms with van der Waals surface area (Å²) in [6.07, 6.45) is 0. The zero-order valence-corrected chi connectivity index (χ0v) is 26.2. The maximum atomic E-state index is 14.2. The quantitative estimate of drug-likeness (QED) is 0.124. The summed E-state index contributed by atoms with van der Waals surface area (Å²) in [6.45, 7) is 0. The zero-order chi connectivity index (χ0) is 30.9. The van der Waals surface area contributed by atoms with Gasteiger partial charge in [-0.3, -0.25) is 18.4 Å². The topological polar surface area (TPSA) is 74.5 Å². The van der Waals surface area contributed by atoms with Crippen molar-refractivity contribution in [1.82, 2.24) is 18.8 Å². The molecule has 2 N–H and O–H groups in total. The van der Waals surface area contributed by atoms with Crippen LogP contribution in [0.3, 0.4) is 0 Å². The third-order valence-corrected chi connectivity index (χ3v) is 10.9. The summed E-state index contributed by atoms with van der Waals surface area (Å²) in [4.78, 5) is 35.3. The Morgan fingerprint density at radius 3 is 1.17 bits per heavy atom. The molecule has 0 atom stereocenters. The van der Waals surface area contributed by atoms with Gasteiger partial charge in [-0.1, -0.05) is 70.7 Å². The second-order valence-electron chi connectivity index (χ2n) is 11.9. The van der Waals surface area contributed by atoms with Crippen molar-refractivity contribution in [2.24, 2.45) is 0 Å². The summed E-state index contributed by atoms with van der Waals surface area (Å²) in [5.74, 6) is 0. The standard InChI is InChI=1S/C36H14Cl4N4O2/c37-17-9-13-25-15(35(45)43-23-7-3-1-5-21(23)41-33(13)43)11-19(39)29-30-20(40)12-16-26-14(10-18(38)28(32(26)30)27(17)31(25)29)34-42-22-6-2-4-8-24(22)44(34)36(16)46/h1-12,41-42H. The lowest BCUT2D eigenvalue weighted by Gasteiger charge is -2.21. The van der Waals surface area contributed by atoms with Crippen molar-refractivity contribution in [1.29, 1.82) is 0 Å². The number of halogens is 4. The Morgan fingerprint density at radius 1 is 0.435 bits per heavy atom. The molecular weight excluding hydrogens is 662 g/mol. The van der Waals surface area contributed by atoms with Crippen molar-refractivity contribution >= 4 is 144 Å². The molecule has 0 radical (unpaired) electrons. The second kappa shape index (κ2) is 8.16. The van der Waals surface area contributed by atoms with E-state index >= 15 is 0 Å². The van der Waals surface area contributed by atoms with E-state index in [4.69, 9.17) is 46.4 Å². The molecule has 11 aromatic rings. The van der Waals surface area contributed by atoms with Gasteiger partial charge >= 0.3 is 0 Å². The fourth-order valence-electron chi connectivity index (χ4n) is 8.02. The minimum Gasteiger partial charge on any atom is -0.339 e. The molecule has 0 fully saturated rings. The van der Waals surface area contributed by atoms with Crippen LogP contribution in [0.2, 0.25) is 20.1 Å². The van der Waals surface area contributed by atoms with Crippen LogP contribution in [0, 0.1) is 0 Å². The van der Waals surface area contributed by atoms with Gasteiger partial charge in [-0.15, -0.1) is 0 Å². The number of fused-ring (bicyclic) bond motifs is 10. The lowest BCUT2D eigenvalue weighted by molar-refractivity contribution is 1.19. The first-order chi connectivity index (χ1) is 22.3. The highest BCUT2D eigenvalue weighted by atomic mass is 35.5. The lowest BCUT2D eigenvalue weighted by atomic mass is 9.86. The van der Waals surface area contributed by atoms with Gasteiger partial charge in [-0.2, -0.15) is 0 Å². The molecule has 0 unspecified atom stereocenters. The molecule has 46 heavy (non-hydrogen) atoms. The number of hydrogen-bond donors (Lipinski definition) is 2. The zero-order valence-electron chi connectivity index (χ0n) is 23.2. The van der Waals surface area contributed by atoms with Crippen molar-refractivity contribution in [2.75, 3.05) is 0 Å². The largest absolute Gasteiger partial charge is 0.339 e. The van der Waals surface area contributed by atoms with Crippen LogP contribution < -0.4 is 11.1 Å². The summed E-state index contributed by atoms with van der Waals surface area (Å²) in [5.41, 5.74) is 3.99. The molecule has 11 rings (SSSR count). The molecule has 0 saturated carbocycles. The lowest BCUT2D eigenvalue weighted by Crippen LogP contribution is -2.14. The molecule has 6 nitrogen and oxygen atoms in total. The van der Waals surface area contributed by atoms with Crippen LogP contribution in [0.5, 0.6) is 0 Å². The van der Waals surface area contributed by atoms with Gasteiger partial charge < -0.3 is 9.97 Å². The number of nitrogens with one attached hydrogen (secondary N) is 2. The molecule has 0 aliphatic rings. The van der Waals surface area contributed by atoms with E-state index in [1.807, 2.05) is 60.7 Å². The predicted molar refractivity (Wildman–Crippen MR) is 192 cm³/mol. The molecule has 4 heterocycles. The fraction of sp³-hybridized carbons (Fsp3) is 0. The summed E-state index contributed by atoms with van der Waals surface area (Å²) in [7, 11) is 0. The maximum Gasteiger partial charge on any atom is 0.264 e. The van der Waals surface area contributed by atoms with Crippen LogP contribution in [0.25, 0.3) is 98.0 Å². The van der Waals surface area contributed by atoms with Crippen molar-refractivity contribution in [3.05, 3.63) is 114 Å². The second-order valence-corrected chi connectivity index (χ2v) is 13.5. The third-order valence-electron chi connectivity index (χ3n) is 9.74. The number of aromatic nitrogens is 4. The number of aromatic amines is 2. The van der Waals surface area contributed by atoms with Crippen LogP contribution in [-0.2, 0) is 0 Å². The third kappa shape index (κ3) is 2.73. The molecule has 0 spiro atoms. The van der Waals surface area contributed by atoms with Crippen molar-refractivity contribution in [2.45, 2.75) is 0 Å². The Bertz CT molecular complexity index is 3110. The average Bonchev–Trinajstić information content (AvgIpc) is 3.64. The highest BCUT2D eigenvalue weighted by Crippen LogP contribution is 2.53. The number of para-hydroxylation sites is 4. The summed E-state index contributed by atoms with van der Waals surface area (Å²) < 4.78 is 3.34. The van der Waals surface area contributed by atoms with Gasteiger partial charge in [-0.25, -0.2) is 0 Å². The minimum absolute atomic E-state index is 0.205.